The zero-order valence-electron chi connectivity index (χ0n) is 11.1. The zero-order chi connectivity index (χ0) is 13.2. The third-order valence-corrected chi connectivity index (χ3v) is 3.81. The Hall–Kier alpha value is -0.880. The average molecular weight is 239 g/mol. The Morgan fingerprint density at radius 1 is 1.53 bits per heavy atom. The summed E-state index contributed by atoms with van der Waals surface area (Å²) in [6.07, 6.45) is 0.827. The monoisotopic (exact) mass is 239 g/mol. The molecule has 0 spiro atoms. The van der Waals surface area contributed by atoms with Gasteiger partial charge in [0.2, 0.25) is 0 Å². The van der Waals surface area contributed by atoms with Gasteiger partial charge < -0.3 is 5.11 Å². The molecule has 1 aliphatic rings. The summed E-state index contributed by atoms with van der Waals surface area (Å²) in [7, 11) is 0. The normalized spacial score (nSPS) is 35.8. The Bertz CT molecular complexity index is 343. The molecule has 2 nitrogen and oxygen atoms in total. The molecule has 0 bridgehead atoms. The van der Waals surface area contributed by atoms with E-state index in [0.29, 0.717) is 24.7 Å². The van der Waals surface area contributed by atoms with Crippen LogP contribution in [0, 0.1) is 34.5 Å². The van der Waals surface area contributed by atoms with E-state index < -0.39 is 11.5 Å². The van der Waals surface area contributed by atoms with Crippen molar-refractivity contribution in [3.8, 4) is 6.07 Å². The number of nitrogens with zero attached hydrogens (tertiary/aromatic N) is 1. The van der Waals surface area contributed by atoms with Crippen molar-refractivity contribution in [2.45, 2.75) is 46.6 Å². The number of aliphatic hydroxyl groups excluding tert-OH is 1. The number of hydrogen-bond donors (Lipinski definition) is 1. The fourth-order valence-electron chi connectivity index (χ4n) is 2.98. The highest BCUT2D eigenvalue weighted by Gasteiger charge is 2.52. The Kier molecular flexibility index (Phi) is 4.32. The minimum Gasteiger partial charge on any atom is -0.391 e. The second-order valence-corrected chi connectivity index (χ2v) is 5.85. The molecule has 0 saturated heterocycles. The molecule has 0 heterocycles. The number of rotatable bonds is 3. The molecule has 0 aromatic heterocycles. The molecule has 0 amide bonds. The smallest absolute Gasteiger partial charge is 0.107 e. The van der Waals surface area contributed by atoms with Crippen LogP contribution in [0.4, 0.5) is 4.39 Å². The molecule has 0 aliphatic heterocycles. The van der Waals surface area contributed by atoms with E-state index in [-0.39, 0.29) is 17.8 Å². The van der Waals surface area contributed by atoms with Gasteiger partial charge in [0.15, 0.2) is 0 Å². The summed E-state index contributed by atoms with van der Waals surface area (Å²) in [5, 5.41) is 19.6. The first-order valence-electron chi connectivity index (χ1n) is 6.29. The molecule has 0 aromatic carbocycles. The molecule has 3 unspecified atom stereocenters. The maximum atomic E-state index is 13.2. The first-order chi connectivity index (χ1) is 7.89. The summed E-state index contributed by atoms with van der Waals surface area (Å²) in [5.74, 6) is 0.479. The number of hydrogen-bond acceptors (Lipinski definition) is 2. The van der Waals surface area contributed by atoms with Crippen LogP contribution in [0.1, 0.15) is 40.5 Å². The summed E-state index contributed by atoms with van der Waals surface area (Å²) >= 11 is 0. The van der Waals surface area contributed by atoms with Gasteiger partial charge >= 0.3 is 0 Å². The number of nitriles is 1. The average Bonchev–Trinajstić information content (AvgIpc) is 2.52. The van der Waals surface area contributed by atoms with Crippen LogP contribution in [-0.2, 0) is 0 Å². The van der Waals surface area contributed by atoms with Crippen molar-refractivity contribution in [2.24, 2.45) is 23.2 Å². The molecule has 96 valence electrons. The van der Waals surface area contributed by atoms with Gasteiger partial charge in [-0.1, -0.05) is 27.7 Å². The highest BCUT2D eigenvalue weighted by atomic mass is 19.1. The van der Waals surface area contributed by atoms with E-state index in [4.69, 9.17) is 0 Å². The van der Waals surface area contributed by atoms with Gasteiger partial charge in [0.25, 0.3) is 0 Å². The molecule has 1 aliphatic carbocycles. The number of aliphatic hydroxyl groups is 1. The van der Waals surface area contributed by atoms with Gasteiger partial charge in [-0.15, -0.1) is 0 Å². The topological polar surface area (TPSA) is 44.0 Å². The molecular weight excluding hydrogens is 217 g/mol. The van der Waals surface area contributed by atoms with E-state index in [2.05, 4.69) is 6.07 Å². The molecule has 1 saturated carbocycles. The lowest BCUT2D eigenvalue weighted by Crippen LogP contribution is -2.31. The van der Waals surface area contributed by atoms with Crippen molar-refractivity contribution >= 4 is 0 Å². The van der Waals surface area contributed by atoms with E-state index in [1.165, 1.54) is 0 Å². The lowest BCUT2D eigenvalue weighted by Gasteiger charge is -2.29. The van der Waals surface area contributed by atoms with Crippen LogP contribution in [-0.4, -0.2) is 11.2 Å². The minimum absolute atomic E-state index is 0.0200. The predicted molar refractivity (Wildman–Crippen MR) is 65.6 cm³/mol. The largest absolute Gasteiger partial charge is 0.391 e. The van der Waals surface area contributed by atoms with Gasteiger partial charge in [0.1, 0.15) is 5.41 Å². The van der Waals surface area contributed by atoms with Crippen molar-refractivity contribution in [2.75, 3.05) is 0 Å². The molecule has 1 fully saturated rings. The van der Waals surface area contributed by atoms with Crippen LogP contribution in [0.5, 0.6) is 0 Å². The van der Waals surface area contributed by atoms with Gasteiger partial charge in [0.05, 0.1) is 18.5 Å². The third kappa shape index (κ3) is 2.37. The first-order valence-corrected chi connectivity index (χ1v) is 6.29. The van der Waals surface area contributed by atoms with Crippen LogP contribution in [0.15, 0.2) is 11.9 Å². The predicted octanol–water partition coefficient (Wildman–Crippen LogP) is 3.43. The quantitative estimate of drug-likeness (QED) is 0.820. The minimum atomic E-state index is -1.02. The Morgan fingerprint density at radius 3 is 2.47 bits per heavy atom. The van der Waals surface area contributed by atoms with Gasteiger partial charge in [-0.2, -0.15) is 5.26 Å². The van der Waals surface area contributed by atoms with E-state index in [0.717, 1.165) is 0 Å². The Morgan fingerprint density at radius 2 is 2.12 bits per heavy atom. The Labute approximate surface area is 103 Å². The van der Waals surface area contributed by atoms with Crippen molar-refractivity contribution < 1.29 is 9.50 Å². The lowest BCUT2D eigenvalue weighted by molar-refractivity contribution is 0.0891. The van der Waals surface area contributed by atoms with Crippen LogP contribution in [0.25, 0.3) is 0 Å². The lowest BCUT2D eigenvalue weighted by atomic mass is 9.73. The van der Waals surface area contributed by atoms with Crippen LogP contribution < -0.4 is 0 Å². The highest BCUT2D eigenvalue weighted by molar-refractivity contribution is 5.32. The Balaban J connectivity index is 3.16. The van der Waals surface area contributed by atoms with Crippen LogP contribution >= 0.6 is 0 Å². The zero-order valence-corrected chi connectivity index (χ0v) is 11.1. The molecular formula is C14H22FNO. The SMILES string of the molecule is CC(C)CC1(C#N)/C(=C\F)C(C(C)C)CC1O. The van der Waals surface area contributed by atoms with E-state index in [9.17, 15) is 14.8 Å². The fourth-order valence-corrected chi connectivity index (χ4v) is 2.98. The summed E-state index contributed by atoms with van der Waals surface area (Å²) in [4.78, 5) is 0. The summed E-state index contributed by atoms with van der Waals surface area (Å²) in [6.45, 7) is 7.99. The van der Waals surface area contributed by atoms with Gasteiger partial charge in [-0.3, -0.25) is 0 Å². The molecule has 0 aromatic rings. The molecule has 1 rings (SSSR count). The molecule has 3 atom stereocenters. The maximum Gasteiger partial charge on any atom is 0.107 e. The van der Waals surface area contributed by atoms with Gasteiger partial charge in [0, 0.05) is 0 Å². The molecule has 1 N–H and O–H groups in total. The standard InChI is InChI=1S/C14H22FNO/c1-9(2)6-14(8-16)12(7-15)11(10(3)4)5-13(14)17/h7,9-11,13,17H,5-6H2,1-4H3/b12-7-. The maximum absolute atomic E-state index is 13.2. The second kappa shape index (κ2) is 5.18. The summed E-state index contributed by atoms with van der Waals surface area (Å²) < 4.78 is 13.2. The van der Waals surface area contributed by atoms with Crippen molar-refractivity contribution in [3.05, 3.63) is 11.9 Å². The molecule has 0 radical (unpaired) electrons. The van der Waals surface area contributed by atoms with Crippen molar-refractivity contribution in [1.82, 2.24) is 0 Å². The summed E-state index contributed by atoms with van der Waals surface area (Å²) in [5.41, 5.74) is -0.520. The van der Waals surface area contributed by atoms with Crippen LogP contribution in [0.3, 0.4) is 0 Å². The second-order valence-electron chi connectivity index (χ2n) is 5.85. The van der Waals surface area contributed by atoms with Crippen LogP contribution in [0.2, 0.25) is 0 Å². The molecule has 17 heavy (non-hydrogen) atoms. The van der Waals surface area contributed by atoms with Crippen molar-refractivity contribution in [1.29, 1.82) is 5.26 Å². The fraction of sp³-hybridized carbons (Fsp3) is 0.786. The van der Waals surface area contributed by atoms with E-state index in [1.54, 1.807) is 0 Å². The van der Waals surface area contributed by atoms with Gasteiger partial charge in [-0.25, -0.2) is 4.39 Å². The van der Waals surface area contributed by atoms with E-state index >= 15 is 0 Å². The highest BCUT2D eigenvalue weighted by Crippen LogP contribution is 2.52. The van der Waals surface area contributed by atoms with E-state index in [1.807, 2.05) is 27.7 Å². The van der Waals surface area contributed by atoms with Crippen molar-refractivity contribution in [3.63, 3.8) is 0 Å². The number of halogens is 1. The van der Waals surface area contributed by atoms with Gasteiger partial charge in [-0.05, 0) is 36.2 Å². The first kappa shape index (κ1) is 14.2. The molecule has 3 heteroatoms. The third-order valence-electron chi connectivity index (χ3n) is 3.81. The summed E-state index contributed by atoms with van der Waals surface area (Å²) in [6, 6.07) is 2.19.